The van der Waals surface area contributed by atoms with Gasteiger partial charge in [0.1, 0.15) is 5.76 Å². The van der Waals surface area contributed by atoms with Crippen LogP contribution in [0.3, 0.4) is 0 Å². The van der Waals surface area contributed by atoms with Gasteiger partial charge in [-0.2, -0.15) is 11.8 Å². The number of hydrogen-bond acceptors (Lipinski definition) is 6. The normalized spacial score (nSPS) is 18.3. The average Bonchev–Trinajstić information content (AvgIpc) is 2.84. The van der Waals surface area contributed by atoms with Gasteiger partial charge >= 0.3 is 0 Å². The van der Waals surface area contributed by atoms with Gasteiger partial charge in [0.05, 0.1) is 6.54 Å². The summed E-state index contributed by atoms with van der Waals surface area (Å²) in [5, 5.41) is 9.58. The average molecular weight is 312 g/mol. The Kier molecular flexibility index (Phi) is 5.63. The molecule has 7 nitrogen and oxygen atoms in total. The summed E-state index contributed by atoms with van der Waals surface area (Å²) in [5.41, 5.74) is 0. The van der Waals surface area contributed by atoms with Crippen molar-refractivity contribution in [3.05, 3.63) is 11.8 Å². The van der Waals surface area contributed by atoms with Crippen molar-refractivity contribution in [3.8, 4) is 0 Å². The molecule has 1 aromatic rings. The Labute approximate surface area is 127 Å². The fraction of sp³-hybridized carbons (Fsp3) is 0.615. The number of aromatic nitrogens is 1. The van der Waals surface area contributed by atoms with E-state index < -0.39 is 0 Å². The Morgan fingerprint density at radius 1 is 1.62 bits per heavy atom. The minimum atomic E-state index is -0.287. The second-order valence-electron chi connectivity index (χ2n) is 5.05. The zero-order valence-corrected chi connectivity index (χ0v) is 13.0. The van der Waals surface area contributed by atoms with Gasteiger partial charge in [0.15, 0.2) is 5.82 Å². The highest BCUT2D eigenvalue weighted by atomic mass is 32.2. The fourth-order valence-electron chi connectivity index (χ4n) is 2.03. The number of amides is 2. The lowest BCUT2D eigenvalue weighted by molar-refractivity contribution is -0.133. The number of hydrogen-bond donors (Lipinski definition) is 2. The lowest BCUT2D eigenvalue weighted by atomic mass is 10.2. The summed E-state index contributed by atoms with van der Waals surface area (Å²) < 4.78 is 4.86. The van der Waals surface area contributed by atoms with Crippen molar-refractivity contribution in [2.75, 3.05) is 37.0 Å². The first-order chi connectivity index (χ1) is 10.0. The van der Waals surface area contributed by atoms with Crippen LogP contribution in [0, 0.1) is 6.92 Å². The standard InChI is InChI=1S/C13H20N4O3S/c1-9-5-11(16-20-9)15-12(18)7-17(2)13(19)6-10-8-21-4-3-14-10/h5,10,14H,3-4,6-8H2,1-2H3,(H,15,16,18). The van der Waals surface area contributed by atoms with Crippen LogP contribution in [0.1, 0.15) is 12.2 Å². The molecule has 2 rings (SSSR count). The summed E-state index contributed by atoms with van der Waals surface area (Å²) in [4.78, 5) is 25.3. The van der Waals surface area contributed by atoms with Crippen LogP contribution in [-0.2, 0) is 9.59 Å². The van der Waals surface area contributed by atoms with Crippen LogP contribution in [-0.4, -0.2) is 59.6 Å². The van der Waals surface area contributed by atoms with Crippen molar-refractivity contribution in [2.45, 2.75) is 19.4 Å². The first kappa shape index (κ1) is 15.8. The quantitative estimate of drug-likeness (QED) is 0.822. The molecule has 2 N–H and O–H groups in total. The van der Waals surface area contributed by atoms with Gasteiger partial charge in [0, 0.05) is 43.6 Å². The smallest absolute Gasteiger partial charge is 0.245 e. The Balaban J connectivity index is 1.75. The maximum Gasteiger partial charge on any atom is 0.245 e. The number of thioether (sulfide) groups is 1. The van der Waals surface area contributed by atoms with E-state index in [-0.39, 0.29) is 24.4 Å². The number of aryl methyl sites for hydroxylation is 1. The number of nitrogens with zero attached hydrogens (tertiary/aromatic N) is 2. The third-order valence-electron chi connectivity index (χ3n) is 3.12. The van der Waals surface area contributed by atoms with Crippen LogP contribution in [0.2, 0.25) is 0 Å². The van der Waals surface area contributed by atoms with E-state index in [1.54, 1.807) is 20.0 Å². The maximum absolute atomic E-state index is 12.1. The number of likely N-dealkylation sites (N-methyl/N-ethyl adjacent to an activating group) is 1. The van der Waals surface area contributed by atoms with Gasteiger partial charge in [-0.15, -0.1) is 0 Å². The predicted molar refractivity (Wildman–Crippen MR) is 81.2 cm³/mol. The highest BCUT2D eigenvalue weighted by Gasteiger charge is 2.20. The van der Waals surface area contributed by atoms with Crippen LogP contribution in [0.15, 0.2) is 10.6 Å². The molecule has 8 heteroatoms. The largest absolute Gasteiger partial charge is 0.360 e. The molecule has 116 valence electrons. The summed E-state index contributed by atoms with van der Waals surface area (Å²) in [7, 11) is 1.63. The molecular weight excluding hydrogens is 292 g/mol. The van der Waals surface area contributed by atoms with E-state index in [0.717, 1.165) is 18.1 Å². The molecule has 0 aliphatic carbocycles. The SMILES string of the molecule is Cc1cc(NC(=O)CN(C)C(=O)CC2CSCCN2)no1. The molecule has 0 radical (unpaired) electrons. The molecule has 1 fully saturated rings. The molecule has 0 aromatic carbocycles. The molecule has 0 saturated carbocycles. The molecule has 1 atom stereocenters. The van der Waals surface area contributed by atoms with E-state index in [1.165, 1.54) is 4.90 Å². The number of carbonyl (C=O) groups is 2. The zero-order valence-electron chi connectivity index (χ0n) is 12.2. The molecule has 1 aliphatic heterocycles. The zero-order chi connectivity index (χ0) is 15.2. The molecule has 1 aliphatic rings. The molecule has 0 bridgehead atoms. The van der Waals surface area contributed by atoms with Crippen molar-refractivity contribution in [1.29, 1.82) is 0 Å². The Bertz CT molecular complexity index is 499. The summed E-state index contributed by atoms with van der Waals surface area (Å²) in [5.74, 6) is 2.68. The topological polar surface area (TPSA) is 87.5 Å². The second kappa shape index (κ2) is 7.46. The Morgan fingerprint density at radius 2 is 2.43 bits per heavy atom. The van der Waals surface area contributed by atoms with Gasteiger partial charge in [0.2, 0.25) is 11.8 Å². The monoisotopic (exact) mass is 312 g/mol. The minimum absolute atomic E-state index is 0.00457. The van der Waals surface area contributed by atoms with E-state index in [9.17, 15) is 9.59 Å². The number of nitrogens with one attached hydrogen (secondary N) is 2. The summed E-state index contributed by atoms with van der Waals surface area (Å²) in [6.07, 6.45) is 0.417. The van der Waals surface area contributed by atoms with Crippen molar-refractivity contribution < 1.29 is 14.1 Å². The third-order valence-corrected chi connectivity index (χ3v) is 4.25. The van der Waals surface area contributed by atoms with Crippen LogP contribution in [0.25, 0.3) is 0 Å². The number of rotatable bonds is 5. The van der Waals surface area contributed by atoms with Gasteiger partial charge in [-0.05, 0) is 6.92 Å². The highest BCUT2D eigenvalue weighted by Crippen LogP contribution is 2.11. The first-order valence-electron chi connectivity index (χ1n) is 6.83. The minimum Gasteiger partial charge on any atom is -0.360 e. The van der Waals surface area contributed by atoms with Crippen molar-refractivity contribution in [3.63, 3.8) is 0 Å². The van der Waals surface area contributed by atoms with Gasteiger partial charge < -0.3 is 20.1 Å². The summed E-state index contributed by atoms with van der Waals surface area (Å²) in [6.45, 7) is 2.68. The number of carbonyl (C=O) groups excluding carboxylic acids is 2. The first-order valence-corrected chi connectivity index (χ1v) is 7.98. The molecule has 21 heavy (non-hydrogen) atoms. The molecule has 1 aromatic heterocycles. The highest BCUT2D eigenvalue weighted by molar-refractivity contribution is 7.99. The van der Waals surface area contributed by atoms with Crippen LogP contribution in [0.4, 0.5) is 5.82 Å². The van der Waals surface area contributed by atoms with Crippen LogP contribution >= 0.6 is 11.8 Å². The van der Waals surface area contributed by atoms with E-state index in [4.69, 9.17) is 4.52 Å². The lowest BCUT2D eigenvalue weighted by Gasteiger charge is -2.25. The van der Waals surface area contributed by atoms with Crippen molar-refractivity contribution in [2.24, 2.45) is 0 Å². The van der Waals surface area contributed by atoms with Gasteiger partial charge in [0.25, 0.3) is 0 Å². The lowest BCUT2D eigenvalue weighted by Crippen LogP contribution is -2.43. The molecule has 2 heterocycles. The summed E-state index contributed by atoms with van der Waals surface area (Å²) >= 11 is 1.84. The van der Waals surface area contributed by atoms with Gasteiger partial charge in [-0.25, -0.2) is 0 Å². The Morgan fingerprint density at radius 3 is 3.05 bits per heavy atom. The third kappa shape index (κ3) is 5.05. The van der Waals surface area contributed by atoms with Crippen LogP contribution in [0.5, 0.6) is 0 Å². The maximum atomic E-state index is 12.1. The molecule has 0 spiro atoms. The predicted octanol–water partition coefficient (Wildman–Crippen LogP) is 0.475. The molecule has 2 amide bonds. The molecular formula is C13H20N4O3S. The van der Waals surface area contributed by atoms with Crippen molar-refractivity contribution >= 4 is 29.4 Å². The molecule has 1 saturated heterocycles. The van der Waals surface area contributed by atoms with Gasteiger partial charge in [-0.1, -0.05) is 5.16 Å². The van der Waals surface area contributed by atoms with Crippen molar-refractivity contribution in [1.82, 2.24) is 15.4 Å². The van der Waals surface area contributed by atoms with Gasteiger partial charge in [-0.3, -0.25) is 9.59 Å². The second-order valence-corrected chi connectivity index (χ2v) is 6.20. The van der Waals surface area contributed by atoms with Crippen LogP contribution < -0.4 is 10.6 Å². The van der Waals surface area contributed by atoms with E-state index >= 15 is 0 Å². The number of anilines is 1. The summed E-state index contributed by atoms with van der Waals surface area (Å²) in [6, 6.07) is 1.82. The van der Waals surface area contributed by atoms with E-state index in [0.29, 0.717) is 18.0 Å². The molecule has 1 unspecified atom stereocenters. The fourth-order valence-corrected chi connectivity index (χ4v) is 2.98. The van der Waals surface area contributed by atoms with E-state index in [1.807, 2.05) is 11.8 Å². The van der Waals surface area contributed by atoms with E-state index in [2.05, 4.69) is 15.8 Å². The Hall–Kier alpha value is -1.54.